The van der Waals surface area contributed by atoms with Gasteiger partial charge in [0, 0.05) is 37.7 Å². The van der Waals surface area contributed by atoms with E-state index >= 15 is 0 Å². The van der Waals surface area contributed by atoms with Gasteiger partial charge in [0.15, 0.2) is 0 Å². The minimum absolute atomic E-state index is 0.0149. The molecule has 1 aliphatic rings. The fourth-order valence-corrected chi connectivity index (χ4v) is 2.42. The Labute approximate surface area is 122 Å². The molecule has 21 heavy (non-hydrogen) atoms. The number of hydrogen-bond acceptors (Lipinski definition) is 5. The van der Waals surface area contributed by atoms with E-state index in [0.717, 1.165) is 17.7 Å². The molecule has 6 nitrogen and oxygen atoms in total. The van der Waals surface area contributed by atoms with Gasteiger partial charge in [-0.15, -0.1) is 0 Å². The van der Waals surface area contributed by atoms with Crippen LogP contribution in [0.25, 0.3) is 0 Å². The lowest BCUT2D eigenvalue weighted by Crippen LogP contribution is -2.44. The van der Waals surface area contributed by atoms with E-state index in [-0.39, 0.29) is 18.1 Å². The summed E-state index contributed by atoms with van der Waals surface area (Å²) in [6.07, 6.45) is 6.94. The Balaban J connectivity index is 1.45. The van der Waals surface area contributed by atoms with E-state index < -0.39 is 0 Å². The van der Waals surface area contributed by atoms with Crippen molar-refractivity contribution in [3.05, 3.63) is 54.2 Å². The molecule has 110 valence electrons. The number of hydrazine groups is 1. The highest BCUT2D eigenvalue weighted by Crippen LogP contribution is 2.20. The molecule has 0 aromatic carbocycles. The van der Waals surface area contributed by atoms with Gasteiger partial charge in [0.1, 0.15) is 5.76 Å². The van der Waals surface area contributed by atoms with Crippen LogP contribution in [0.4, 0.5) is 0 Å². The summed E-state index contributed by atoms with van der Waals surface area (Å²) in [6, 6.07) is 7.83. The van der Waals surface area contributed by atoms with Crippen LogP contribution in [0.15, 0.2) is 47.3 Å². The summed E-state index contributed by atoms with van der Waals surface area (Å²) in [4.78, 5) is 15.9. The minimum Gasteiger partial charge on any atom is -0.469 e. The standard InChI is InChI=1S/C15H18N4O2/c20-15(4-3-12-2-1-9-21-12)17-14-10-13(18-19-14)11-5-7-16-8-6-11/h1-2,5-9,13-14,18-19H,3-4,10H2,(H,17,20). The van der Waals surface area contributed by atoms with Gasteiger partial charge in [0.2, 0.25) is 5.91 Å². The predicted molar refractivity (Wildman–Crippen MR) is 76.8 cm³/mol. The Morgan fingerprint density at radius 3 is 2.95 bits per heavy atom. The third-order valence-electron chi connectivity index (χ3n) is 3.53. The molecule has 2 unspecified atom stereocenters. The molecule has 0 aliphatic carbocycles. The van der Waals surface area contributed by atoms with Crippen molar-refractivity contribution in [1.29, 1.82) is 0 Å². The molecule has 3 heterocycles. The third-order valence-corrected chi connectivity index (χ3v) is 3.53. The Morgan fingerprint density at radius 2 is 2.19 bits per heavy atom. The summed E-state index contributed by atoms with van der Waals surface area (Å²) in [5.41, 5.74) is 7.45. The van der Waals surface area contributed by atoms with Gasteiger partial charge in [0.05, 0.1) is 12.4 Å². The number of nitrogens with zero attached hydrogens (tertiary/aromatic N) is 1. The average molecular weight is 286 g/mol. The number of pyridine rings is 1. The predicted octanol–water partition coefficient (Wildman–Crippen LogP) is 1.29. The van der Waals surface area contributed by atoms with Crippen molar-refractivity contribution >= 4 is 5.91 Å². The molecular formula is C15H18N4O2. The highest BCUT2D eigenvalue weighted by atomic mass is 16.3. The van der Waals surface area contributed by atoms with Crippen molar-refractivity contribution in [1.82, 2.24) is 21.2 Å². The zero-order valence-corrected chi connectivity index (χ0v) is 11.6. The van der Waals surface area contributed by atoms with Crippen LogP contribution in [0.3, 0.4) is 0 Å². The van der Waals surface area contributed by atoms with Crippen molar-refractivity contribution in [2.75, 3.05) is 0 Å². The van der Waals surface area contributed by atoms with Gasteiger partial charge >= 0.3 is 0 Å². The van der Waals surface area contributed by atoms with Gasteiger partial charge < -0.3 is 9.73 Å². The number of aromatic nitrogens is 1. The van der Waals surface area contributed by atoms with E-state index in [4.69, 9.17) is 4.42 Å². The molecule has 2 aromatic rings. The van der Waals surface area contributed by atoms with E-state index in [1.54, 1.807) is 18.7 Å². The second-order valence-corrected chi connectivity index (χ2v) is 5.06. The molecular weight excluding hydrogens is 268 g/mol. The largest absolute Gasteiger partial charge is 0.469 e. The maximum absolute atomic E-state index is 11.9. The van der Waals surface area contributed by atoms with Gasteiger partial charge in [-0.05, 0) is 29.8 Å². The number of amides is 1. The quantitative estimate of drug-likeness (QED) is 0.772. The van der Waals surface area contributed by atoms with E-state index in [1.165, 1.54) is 0 Å². The monoisotopic (exact) mass is 286 g/mol. The number of carbonyl (C=O) groups is 1. The van der Waals surface area contributed by atoms with E-state index in [0.29, 0.717) is 12.8 Å². The lowest BCUT2D eigenvalue weighted by molar-refractivity contribution is -0.121. The fourth-order valence-electron chi connectivity index (χ4n) is 2.42. The normalized spacial score (nSPS) is 21.3. The molecule has 1 amide bonds. The van der Waals surface area contributed by atoms with Gasteiger partial charge in [0.25, 0.3) is 0 Å². The first kappa shape index (κ1) is 13.8. The van der Waals surface area contributed by atoms with Gasteiger partial charge in [-0.25, -0.2) is 10.9 Å². The van der Waals surface area contributed by atoms with Crippen molar-refractivity contribution in [3.8, 4) is 0 Å². The van der Waals surface area contributed by atoms with Crippen LogP contribution in [0.2, 0.25) is 0 Å². The van der Waals surface area contributed by atoms with Gasteiger partial charge in [-0.2, -0.15) is 0 Å². The van der Waals surface area contributed by atoms with Crippen LogP contribution in [-0.4, -0.2) is 17.1 Å². The maximum Gasteiger partial charge on any atom is 0.221 e. The lowest BCUT2D eigenvalue weighted by Gasteiger charge is -2.11. The highest BCUT2D eigenvalue weighted by Gasteiger charge is 2.25. The highest BCUT2D eigenvalue weighted by molar-refractivity contribution is 5.76. The Morgan fingerprint density at radius 1 is 1.33 bits per heavy atom. The maximum atomic E-state index is 11.9. The Hall–Kier alpha value is -2.18. The lowest BCUT2D eigenvalue weighted by atomic mass is 10.1. The van der Waals surface area contributed by atoms with Crippen molar-refractivity contribution in [2.45, 2.75) is 31.5 Å². The first-order chi connectivity index (χ1) is 10.3. The molecule has 1 saturated heterocycles. The molecule has 0 bridgehead atoms. The number of hydrogen-bond donors (Lipinski definition) is 3. The number of carbonyl (C=O) groups excluding carboxylic acids is 1. The van der Waals surface area contributed by atoms with Gasteiger partial charge in [-0.1, -0.05) is 0 Å². The molecule has 1 aliphatic heterocycles. The van der Waals surface area contributed by atoms with Crippen molar-refractivity contribution in [2.24, 2.45) is 0 Å². The third kappa shape index (κ3) is 3.68. The number of aryl methyl sites for hydroxylation is 1. The summed E-state index contributed by atoms with van der Waals surface area (Å²) in [7, 11) is 0. The molecule has 1 fully saturated rings. The molecule has 3 N–H and O–H groups in total. The molecule has 0 spiro atoms. The molecule has 3 rings (SSSR count). The second-order valence-electron chi connectivity index (χ2n) is 5.06. The zero-order valence-electron chi connectivity index (χ0n) is 11.6. The van der Waals surface area contributed by atoms with Crippen LogP contribution in [0.5, 0.6) is 0 Å². The minimum atomic E-state index is -0.0627. The number of furan rings is 1. The number of rotatable bonds is 5. The van der Waals surface area contributed by atoms with E-state index in [2.05, 4.69) is 21.2 Å². The summed E-state index contributed by atoms with van der Waals surface area (Å²) in [5.74, 6) is 0.846. The van der Waals surface area contributed by atoms with Crippen LogP contribution < -0.4 is 16.2 Å². The van der Waals surface area contributed by atoms with Crippen LogP contribution >= 0.6 is 0 Å². The van der Waals surface area contributed by atoms with Gasteiger partial charge in [-0.3, -0.25) is 9.78 Å². The van der Waals surface area contributed by atoms with Crippen LogP contribution in [0, 0.1) is 0 Å². The molecule has 0 radical (unpaired) electrons. The summed E-state index contributed by atoms with van der Waals surface area (Å²) >= 11 is 0. The molecule has 2 aromatic heterocycles. The fraction of sp³-hybridized carbons (Fsp3) is 0.333. The summed E-state index contributed by atoms with van der Waals surface area (Å²) < 4.78 is 5.21. The summed E-state index contributed by atoms with van der Waals surface area (Å²) in [6.45, 7) is 0. The van der Waals surface area contributed by atoms with E-state index in [1.807, 2.05) is 24.3 Å². The molecule has 6 heteroatoms. The van der Waals surface area contributed by atoms with Crippen molar-refractivity contribution < 1.29 is 9.21 Å². The van der Waals surface area contributed by atoms with Crippen molar-refractivity contribution in [3.63, 3.8) is 0 Å². The average Bonchev–Trinajstić information content (AvgIpc) is 3.17. The Bertz CT molecular complexity index is 571. The summed E-state index contributed by atoms with van der Waals surface area (Å²) in [5, 5.41) is 2.97. The zero-order chi connectivity index (χ0) is 14.5. The first-order valence-electron chi connectivity index (χ1n) is 7.04. The molecule has 2 atom stereocenters. The first-order valence-corrected chi connectivity index (χ1v) is 7.04. The molecule has 0 saturated carbocycles. The number of nitrogens with one attached hydrogen (secondary N) is 3. The van der Waals surface area contributed by atoms with Crippen LogP contribution in [-0.2, 0) is 11.2 Å². The van der Waals surface area contributed by atoms with Crippen LogP contribution in [0.1, 0.15) is 30.2 Å². The Kier molecular flexibility index (Phi) is 4.28. The SMILES string of the molecule is O=C(CCc1ccco1)NC1CC(c2ccncc2)NN1. The van der Waals surface area contributed by atoms with E-state index in [9.17, 15) is 4.79 Å². The topological polar surface area (TPSA) is 79.2 Å². The second kappa shape index (κ2) is 6.51. The smallest absolute Gasteiger partial charge is 0.221 e.